The van der Waals surface area contributed by atoms with Gasteiger partial charge in [0.2, 0.25) is 5.88 Å². The van der Waals surface area contributed by atoms with Crippen LogP contribution in [-0.2, 0) is 5.54 Å². The molecule has 2 heterocycles. The van der Waals surface area contributed by atoms with E-state index in [1.807, 2.05) is 31.2 Å². The fourth-order valence-corrected chi connectivity index (χ4v) is 3.69. The van der Waals surface area contributed by atoms with Crippen LogP contribution < -0.4 is 15.8 Å². The number of amidine groups is 1. The lowest BCUT2D eigenvalue weighted by atomic mass is 9.89. The van der Waals surface area contributed by atoms with Crippen LogP contribution in [0.5, 0.6) is 5.88 Å². The number of hydrogen-bond donors (Lipinski definition) is 2. The first-order chi connectivity index (χ1) is 13.5. The molecule has 0 unspecified atom stereocenters. The summed E-state index contributed by atoms with van der Waals surface area (Å²) in [6.07, 6.45) is 3.66. The van der Waals surface area contributed by atoms with Crippen LogP contribution in [0.1, 0.15) is 36.3 Å². The number of rotatable bonds is 5. The molecule has 0 radical (unpaired) electrons. The third-order valence-corrected chi connectivity index (χ3v) is 5.06. The lowest BCUT2D eigenvalue weighted by molar-refractivity contribution is 0.102. The number of nitrogens with two attached hydrogens (primary N) is 1. The Bertz CT molecular complexity index is 949. The SMILES string of the molecule is CC#CCOc1cnc(C(=O)Nc2cccc([C@]3(C)CCSC(N)=N3)c2)cn1. The fraction of sp³-hybridized carbons (Fsp3) is 0.300. The number of ether oxygens (including phenoxy) is 1. The van der Waals surface area contributed by atoms with Gasteiger partial charge in [-0.25, -0.2) is 9.97 Å². The van der Waals surface area contributed by atoms with Gasteiger partial charge in [-0.2, -0.15) is 0 Å². The Morgan fingerprint density at radius 2 is 2.25 bits per heavy atom. The molecule has 0 spiro atoms. The summed E-state index contributed by atoms with van der Waals surface area (Å²) in [7, 11) is 0. The van der Waals surface area contributed by atoms with Gasteiger partial charge in [0, 0.05) is 11.4 Å². The molecule has 0 bridgehead atoms. The van der Waals surface area contributed by atoms with Gasteiger partial charge in [-0.15, -0.1) is 5.92 Å². The quantitative estimate of drug-likeness (QED) is 0.755. The number of anilines is 1. The van der Waals surface area contributed by atoms with Gasteiger partial charge in [0.15, 0.2) is 11.8 Å². The van der Waals surface area contributed by atoms with Gasteiger partial charge in [-0.3, -0.25) is 9.79 Å². The van der Waals surface area contributed by atoms with Crippen molar-refractivity contribution in [3.05, 3.63) is 47.9 Å². The van der Waals surface area contributed by atoms with E-state index in [1.54, 1.807) is 18.7 Å². The highest BCUT2D eigenvalue weighted by molar-refractivity contribution is 8.13. The number of hydrogen-bond acceptors (Lipinski definition) is 7. The number of thioether (sulfide) groups is 1. The first kappa shape index (κ1) is 19.7. The average Bonchev–Trinajstić information content (AvgIpc) is 2.69. The first-order valence-corrected chi connectivity index (χ1v) is 9.73. The molecule has 1 amide bonds. The van der Waals surface area contributed by atoms with Crippen molar-refractivity contribution in [2.45, 2.75) is 25.8 Å². The maximum absolute atomic E-state index is 12.5. The van der Waals surface area contributed by atoms with Crippen molar-refractivity contribution < 1.29 is 9.53 Å². The highest BCUT2D eigenvalue weighted by Crippen LogP contribution is 2.35. The lowest BCUT2D eigenvalue weighted by Crippen LogP contribution is -2.28. The zero-order chi connectivity index (χ0) is 20.0. The Balaban J connectivity index is 1.70. The smallest absolute Gasteiger partial charge is 0.275 e. The predicted molar refractivity (Wildman–Crippen MR) is 111 cm³/mol. The van der Waals surface area contributed by atoms with Crippen LogP contribution in [0.25, 0.3) is 0 Å². The van der Waals surface area contributed by atoms with Crippen LogP contribution >= 0.6 is 11.8 Å². The van der Waals surface area contributed by atoms with E-state index in [-0.39, 0.29) is 18.2 Å². The normalized spacial score (nSPS) is 18.4. The van der Waals surface area contributed by atoms with Gasteiger partial charge >= 0.3 is 0 Å². The minimum absolute atomic E-state index is 0.196. The molecule has 3 rings (SSSR count). The summed E-state index contributed by atoms with van der Waals surface area (Å²) in [5.74, 6) is 6.37. The second-order valence-corrected chi connectivity index (χ2v) is 7.43. The van der Waals surface area contributed by atoms with Crippen molar-refractivity contribution in [2.75, 3.05) is 17.7 Å². The maximum Gasteiger partial charge on any atom is 0.275 e. The third-order valence-electron chi connectivity index (χ3n) is 4.27. The maximum atomic E-state index is 12.5. The molecule has 0 saturated heterocycles. The molecule has 144 valence electrons. The molecule has 1 atom stereocenters. The molecular weight excluding hydrogens is 374 g/mol. The second kappa shape index (κ2) is 8.76. The van der Waals surface area contributed by atoms with Crippen molar-refractivity contribution in [3.8, 4) is 17.7 Å². The Labute approximate surface area is 168 Å². The molecule has 8 heteroatoms. The van der Waals surface area contributed by atoms with Gasteiger partial charge < -0.3 is 15.8 Å². The van der Waals surface area contributed by atoms with E-state index < -0.39 is 5.54 Å². The molecule has 28 heavy (non-hydrogen) atoms. The van der Waals surface area contributed by atoms with E-state index in [0.29, 0.717) is 16.7 Å². The van der Waals surface area contributed by atoms with Crippen molar-refractivity contribution in [2.24, 2.45) is 10.7 Å². The van der Waals surface area contributed by atoms with Crippen molar-refractivity contribution in [1.29, 1.82) is 0 Å². The molecule has 0 aliphatic carbocycles. The molecular formula is C20H21N5O2S. The summed E-state index contributed by atoms with van der Waals surface area (Å²) >= 11 is 1.56. The summed E-state index contributed by atoms with van der Waals surface area (Å²) in [5, 5.41) is 3.44. The average molecular weight is 395 g/mol. The number of carbonyl (C=O) groups is 1. The lowest BCUT2D eigenvalue weighted by Gasteiger charge is -2.30. The summed E-state index contributed by atoms with van der Waals surface area (Å²) < 4.78 is 5.30. The van der Waals surface area contributed by atoms with Crippen LogP contribution in [0, 0.1) is 11.8 Å². The highest BCUT2D eigenvalue weighted by atomic mass is 32.2. The number of amides is 1. The summed E-state index contributed by atoms with van der Waals surface area (Å²) in [4.78, 5) is 25.3. The Morgan fingerprint density at radius 3 is 2.96 bits per heavy atom. The highest BCUT2D eigenvalue weighted by Gasteiger charge is 2.29. The Morgan fingerprint density at radius 1 is 1.39 bits per heavy atom. The standard InChI is InChI=1S/C20H21N5O2S/c1-3-4-9-27-17-13-22-16(12-23-17)18(26)24-15-7-5-6-14(11-15)20(2)8-10-28-19(21)25-20/h5-7,11-13H,8-10H2,1-2H3,(H2,21,25)(H,24,26)/t20-/m0/s1. The number of carbonyl (C=O) groups excluding carboxylic acids is 1. The molecule has 7 nitrogen and oxygen atoms in total. The van der Waals surface area contributed by atoms with E-state index in [0.717, 1.165) is 17.7 Å². The molecule has 0 saturated carbocycles. The summed E-state index contributed by atoms with van der Waals surface area (Å²) in [6, 6.07) is 7.62. The van der Waals surface area contributed by atoms with Crippen LogP contribution in [0.4, 0.5) is 5.69 Å². The number of aliphatic imine (C=N–C) groups is 1. The molecule has 2 aromatic rings. The first-order valence-electron chi connectivity index (χ1n) is 8.75. The van der Waals surface area contributed by atoms with E-state index in [9.17, 15) is 4.79 Å². The monoisotopic (exact) mass is 395 g/mol. The second-order valence-electron chi connectivity index (χ2n) is 6.31. The zero-order valence-electron chi connectivity index (χ0n) is 15.7. The number of nitrogens with zero attached hydrogens (tertiary/aromatic N) is 3. The molecule has 1 aromatic carbocycles. The van der Waals surface area contributed by atoms with Crippen LogP contribution in [-0.4, -0.2) is 33.4 Å². The molecule has 1 aliphatic rings. The minimum Gasteiger partial charge on any atom is -0.463 e. The fourth-order valence-electron chi connectivity index (χ4n) is 2.71. The van der Waals surface area contributed by atoms with Gasteiger partial charge in [-0.1, -0.05) is 29.8 Å². The largest absolute Gasteiger partial charge is 0.463 e. The van der Waals surface area contributed by atoms with Gasteiger partial charge in [-0.05, 0) is 38.0 Å². The van der Waals surface area contributed by atoms with Crippen LogP contribution in [0.15, 0.2) is 41.7 Å². The van der Waals surface area contributed by atoms with Crippen LogP contribution in [0.2, 0.25) is 0 Å². The van der Waals surface area contributed by atoms with E-state index in [4.69, 9.17) is 10.5 Å². The van der Waals surface area contributed by atoms with Crippen LogP contribution in [0.3, 0.4) is 0 Å². The zero-order valence-corrected chi connectivity index (χ0v) is 16.5. The number of nitrogens with one attached hydrogen (secondary N) is 1. The van der Waals surface area contributed by atoms with Crippen molar-refractivity contribution in [3.63, 3.8) is 0 Å². The van der Waals surface area contributed by atoms with E-state index in [2.05, 4.69) is 32.1 Å². The van der Waals surface area contributed by atoms with Crippen molar-refractivity contribution in [1.82, 2.24) is 9.97 Å². The van der Waals surface area contributed by atoms with Gasteiger partial charge in [0.1, 0.15) is 5.69 Å². The predicted octanol–water partition coefficient (Wildman–Crippen LogP) is 2.80. The summed E-state index contributed by atoms with van der Waals surface area (Å²) in [6.45, 7) is 4.01. The molecule has 3 N–H and O–H groups in total. The molecule has 1 aliphatic heterocycles. The summed E-state index contributed by atoms with van der Waals surface area (Å²) in [5.41, 5.74) is 7.37. The van der Waals surface area contributed by atoms with E-state index in [1.165, 1.54) is 12.4 Å². The molecule has 0 fully saturated rings. The minimum atomic E-state index is -0.393. The van der Waals surface area contributed by atoms with Gasteiger partial charge in [0.05, 0.1) is 17.9 Å². The number of benzene rings is 1. The third kappa shape index (κ3) is 4.81. The van der Waals surface area contributed by atoms with E-state index >= 15 is 0 Å². The topological polar surface area (TPSA) is 102 Å². The molecule has 1 aromatic heterocycles. The Kier molecular flexibility index (Phi) is 6.16. The Hall–Kier alpha value is -3.05. The van der Waals surface area contributed by atoms with Gasteiger partial charge in [0.25, 0.3) is 5.91 Å². The van der Waals surface area contributed by atoms with Crippen molar-refractivity contribution >= 4 is 28.5 Å². The number of aromatic nitrogens is 2.